The molecule has 3 N–H and O–H groups in total. The highest BCUT2D eigenvalue weighted by Crippen LogP contribution is 2.21. The van der Waals surface area contributed by atoms with Crippen LogP contribution in [0.1, 0.15) is 26.1 Å². The first-order valence-corrected chi connectivity index (χ1v) is 5.35. The fourth-order valence-electron chi connectivity index (χ4n) is 1.27. The van der Waals surface area contributed by atoms with Gasteiger partial charge in [-0.3, -0.25) is 4.79 Å². The smallest absolute Gasteiger partial charge is 0.259 e. The molecule has 0 radical (unpaired) electrons. The number of pyridine rings is 1. The maximum atomic E-state index is 10.9. The Morgan fingerprint density at radius 3 is 2.88 bits per heavy atom. The molecule has 0 aromatic carbocycles. The molecule has 2 aromatic rings. The van der Waals surface area contributed by atoms with Crippen molar-refractivity contribution in [1.29, 1.82) is 0 Å². The van der Waals surface area contributed by atoms with E-state index in [-0.39, 0.29) is 5.56 Å². The van der Waals surface area contributed by atoms with E-state index >= 15 is 0 Å². The summed E-state index contributed by atoms with van der Waals surface area (Å²) in [5.74, 6) is 0.808. The van der Waals surface area contributed by atoms with Gasteiger partial charge in [-0.15, -0.1) is 0 Å². The number of hydrogen-bond donors (Lipinski definition) is 2. The molecule has 2 heterocycles. The molecule has 0 aliphatic carbocycles. The lowest BCUT2D eigenvalue weighted by molar-refractivity contribution is 0.379. The molecule has 90 valence electrons. The Kier molecular flexibility index (Phi) is 2.81. The molecule has 0 saturated carbocycles. The minimum absolute atomic E-state index is 0.175. The minimum Gasteiger partial charge on any atom is -0.334 e. The van der Waals surface area contributed by atoms with Crippen LogP contribution in [0.2, 0.25) is 0 Å². The van der Waals surface area contributed by atoms with E-state index in [1.807, 2.05) is 13.8 Å². The molecule has 0 fully saturated rings. The summed E-state index contributed by atoms with van der Waals surface area (Å²) in [6, 6.07) is 3.02. The van der Waals surface area contributed by atoms with E-state index in [1.165, 1.54) is 12.3 Å². The quantitative estimate of drug-likeness (QED) is 0.825. The van der Waals surface area contributed by atoms with Crippen molar-refractivity contribution < 1.29 is 4.52 Å². The Balaban J connectivity index is 2.36. The molecule has 1 unspecified atom stereocenters. The summed E-state index contributed by atoms with van der Waals surface area (Å²) in [4.78, 5) is 17.7. The molecule has 17 heavy (non-hydrogen) atoms. The molecule has 0 saturated heterocycles. The van der Waals surface area contributed by atoms with Gasteiger partial charge in [0.15, 0.2) is 5.82 Å². The van der Waals surface area contributed by atoms with Gasteiger partial charge in [-0.05, 0) is 19.4 Å². The van der Waals surface area contributed by atoms with Crippen molar-refractivity contribution in [3.05, 3.63) is 34.5 Å². The van der Waals surface area contributed by atoms with Crippen molar-refractivity contribution in [1.82, 2.24) is 15.1 Å². The van der Waals surface area contributed by atoms with Crippen molar-refractivity contribution in [3.63, 3.8) is 0 Å². The topological polar surface area (TPSA) is 97.8 Å². The van der Waals surface area contributed by atoms with Crippen LogP contribution in [0.4, 0.5) is 0 Å². The zero-order valence-corrected chi connectivity index (χ0v) is 9.73. The molecular formula is C11H14N4O2. The SMILES string of the molecule is CCC(C)(N)c1noc(-c2ccc(=O)[nH]c2)n1. The van der Waals surface area contributed by atoms with Crippen LogP contribution in [0, 0.1) is 0 Å². The zero-order chi connectivity index (χ0) is 12.5. The van der Waals surface area contributed by atoms with Gasteiger partial charge >= 0.3 is 0 Å². The molecule has 0 aliphatic rings. The summed E-state index contributed by atoms with van der Waals surface area (Å²) in [6.45, 7) is 3.80. The average Bonchev–Trinajstić information content (AvgIpc) is 2.80. The van der Waals surface area contributed by atoms with Crippen molar-refractivity contribution >= 4 is 0 Å². The molecule has 0 spiro atoms. The normalized spacial score (nSPS) is 14.5. The van der Waals surface area contributed by atoms with E-state index in [1.54, 1.807) is 6.07 Å². The predicted molar refractivity (Wildman–Crippen MR) is 62.2 cm³/mol. The third kappa shape index (κ3) is 2.26. The van der Waals surface area contributed by atoms with Gasteiger partial charge in [0.05, 0.1) is 11.1 Å². The Morgan fingerprint density at radius 1 is 1.53 bits per heavy atom. The maximum absolute atomic E-state index is 10.9. The van der Waals surface area contributed by atoms with Crippen molar-refractivity contribution in [2.24, 2.45) is 5.73 Å². The Morgan fingerprint density at radius 2 is 2.29 bits per heavy atom. The van der Waals surface area contributed by atoms with Gasteiger partial charge in [0.2, 0.25) is 5.56 Å². The monoisotopic (exact) mass is 234 g/mol. The molecular weight excluding hydrogens is 220 g/mol. The minimum atomic E-state index is -0.607. The molecule has 2 aromatic heterocycles. The van der Waals surface area contributed by atoms with Gasteiger partial charge in [0.25, 0.3) is 5.89 Å². The largest absolute Gasteiger partial charge is 0.334 e. The van der Waals surface area contributed by atoms with E-state index < -0.39 is 5.54 Å². The Labute approximate surface area is 97.9 Å². The molecule has 6 nitrogen and oxygen atoms in total. The van der Waals surface area contributed by atoms with E-state index in [4.69, 9.17) is 10.3 Å². The van der Waals surface area contributed by atoms with E-state index in [0.717, 1.165) is 0 Å². The molecule has 0 aliphatic heterocycles. The molecule has 0 bridgehead atoms. The number of H-pyrrole nitrogens is 1. The number of nitrogens with one attached hydrogen (secondary N) is 1. The summed E-state index contributed by atoms with van der Waals surface area (Å²) in [6.07, 6.45) is 2.23. The van der Waals surface area contributed by atoms with Crippen LogP contribution in [0.25, 0.3) is 11.5 Å². The second-order valence-electron chi connectivity index (χ2n) is 4.14. The van der Waals surface area contributed by atoms with E-state index in [2.05, 4.69) is 15.1 Å². The fourth-order valence-corrected chi connectivity index (χ4v) is 1.27. The highest BCUT2D eigenvalue weighted by molar-refractivity contribution is 5.50. The van der Waals surface area contributed by atoms with Crippen molar-refractivity contribution in [3.8, 4) is 11.5 Å². The summed E-state index contributed by atoms with van der Waals surface area (Å²) >= 11 is 0. The average molecular weight is 234 g/mol. The van der Waals surface area contributed by atoms with E-state index in [9.17, 15) is 4.79 Å². The second kappa shape index (κ2) is 4.14. The zero-order valence-electron chi connectivity index (χ0n) is 9.73. The third-order valence-corrected chi connectivity index (χ3v) is 2.70. The highest BCUT2D eigenvalue weighted by Gasteiger charge is 2.25. The number of nitrogens with zero attached hydrogens (tertiary/aromatic N) is 2. The van der Waals surface area contributed by atoms with Gasteiger partial charge in [-0.1, -0.05) is 12.1 Å². The lowest BCUT2D eigenvalue weighted by atomic mass is 10.0. The van der Waals surface area contributed by atoms with Crippen LogP contribution in [-0.4, -0.2) is 15.1 Å². The predicted octanol–water partition coefficient (Wildman–Crippen LogP) is 1.01. The first-order chi connectivity index (χ1) is 8.03. The number of rotatable bonds is 3. The van der Waals surface area contributed by atoms with Crippen LogP contribution in [0.5, 0.6) is 0 Å². The maximum Gasteiger partial charge on any atom is 0.259 e. The number of nitrogens with two attached hydrogens (primary N) is 1. The van der Waals surface area contributed by atoms with Crippen LogP contribution >= 0.6 is 0 Å². The molecule has 6 heteroatoms. The van der Waals surface area contributed by atoms with E-state index in [0.29, 0.717) is 23.7 Å². The fraction of sp³-hybridized carbons (Fsp3) is 0.364. The first-order valence-electron chi connectivity index (χ1n) is 5.35. The van der Waals surface area contributed by atoms with Crippen molar-refractivity contribution in [2.75, 3.05) is 0 Å². The number of hydrogen-bond acceptors (Lipinski definition) is 5. The Hall–Kier alpha value is -1.95. The lowest BCUT2D eigenvalue weighted by Gasteiger charge is -2.16. The summed E-state index contributed by atoms with van der Waals surface area (Å²) < 4.78 is 5.12. The summed E-state index contributed by atoms with van der Waals surface area (Å²) in [5, 5.41) is 3.85. The first kappa shape index (κ1) is 11.5. The molecule has 0 amide bonds. The van der Waals surface area contributed by atoms with Gasteiger partial charge in [-0.2, -0.15) is 4.98 Å². The summed E-state index contributed by atoms with van der Waals surface area (Å²) in [7, 11) is 0. The highest BCUT2D eigenvalue weighted by atomic mass is 16.5. The van der Waals surface area contributed by atoms with Crippen molar-refractivity contribution in [2.45, 2.75) is 25.8 Å². The number of aromatic nitrogens is 3. The van der Waals surface area contributed by atoms with Crippen LogP contribution in [0.15, 0.2) is 27.6 Å². The Bertz CT molecular complexity index is 550. The van der Waals surface area contributed by atoms with Gasteiger partial charge in [0, 0.05) is 12.3 Å². The lowest BCUT2D eigenvalue weighted by Crippen LogP contribution is -2.33. The van der Waals surface area contributed by atoms with Gasteiger partial charge in [0.1, 0.15) is 0 Å². The van der Waals surface area contributed by atoms with Crippen LogP contribution in [0.3, 0.4) is 0 Å². The van der Waals surface area contributed by atoms with Crippen LogP contribution in [-0.2, 0) is 5.54 Å². The third-order valence-electron chi connectivity index (χ3n) is 2.70. The standard InChI is InChI=1S/C11H14N4O2/c1-3-11(2,12)10-14-9(17-15-10)7-4-5-8(16)13-6-7/h4-6H,3,12H2,1-2H3,(H,13,16). The van der Waals surface area contributed by atoms with Gasteiger partial charge < -0.3 is 15.2 Å². The van der Waals surface area contributed by atoms with Gasteiger partial charge in [-0.25, -0.2) is 0 Å². The molecule has 1 atom stereocenters. The second-order valence-corrected chi connectivity index (χ2v) is 4.14. The van der Waals surface area contributed by atoms with Crippen LogP contribution < -0.4 is 11.3 Å². The molecule has 2 rings (SSSR count). The summed E-state index contributed by atoms with van der Waals surface area (Å²) in [5.41, 5.74) is 5.89. The number of aromatic amines is 1.